The number of halogens is 1. The van der Waals surface area contributed by atoms with Crippen molar-refractivity contribution < 1.29 is 13.9 Å². The van der Waals surface area contributed by atoms with Gasteiger partial charge in [-0.1, -0.05) is 23.9 Å². The molecule has 0 spiro atoms. The van der Waals surface area contributed by atoms with Crippen molar-refractivity contribution >= 4 is 23.4 Å². The highest BCUT2D eigenvalue weighted by Crippen LogP contribution is 2.29. The minimum absolute atomic E-state index is 0.148. The molecule has 7 heteroatoms. The number of anilines is 1. The number of aromatic nitrogens is 2. The number of aryl methyl sites for hydroxylation is 1. The van der Waals surface area contributed by atoms with E-state index in [0.717, 1.165) is 28.7 Å². The molecule has 1 amide bonds. The van der Waals surface area contributed by atoms with Gasteiger partial charge in [-0.25, -0.2) is 9.37 Å². The lowest BCUT2D eigenvalue weighted by Crippen LogP contribution is -2.20. The Balaban J connectivity index is 1.40. The van der Waals surface area contributed by atoms with Gasteiger partial charge in [0.15, 0.2) is 11.8 Å². The molecule has 0 atom stereocenters. The lowest BCUT2D eigenvalue weighted by Gasteiger charge is -2.08. The number of thioether (sulfide) groups is 1. The molecule has 1 aliphatic heterocycles. The second kappa shape index (κ2) is 7.21. The number of rotatable bonds is 5. The molecule has 0 saturated heterocycles. The number of fused-ring (bicyclic) bond motifs is 1. The number of carbonyl (C=O) groups excluding carboxylic acids is 1. The van der Waals surface area contributed by atoms with E-state index in [-0.39, 0.29) is 18.3 Å². The summed E-state index contributed by atoms with van der Waals surface area (Å²) in [6, 6.07) is 13.1. The number of carbonyl (C=O) groups is 1. The van der Waals surface area contributed by atoms with Crippen molar-refractivity contribution in [2.24, 2.45) is 0 Å². The van der Waals surface area contributed by atoms with Gasteiger partial charge >= 0.3 is 0 Å². The van der Waals surface area contributed by atoms with Gasteiger partial charge in [0.25, 0.3) is 5.91 Å². The molecule has 2 aromatic carbocycles. The third kappa shape index (κ3) is 3.72. The molecule has 0 saturated carbocycles. The standard InChI is InChI=1S/C19H16FN3O2S/c20-14-4-6-16(7-5-14)25-12-18(24)21-15-3-1-2-13(10-15)17-11-23-8-9-26-19(23)22-17/h1-7,10-11H,8-9,12H2,(H,21,24). The summed E-state index contributed by atoms with van der Waals surface area (Å²) in [6.07, 6.45) is 2.04. The first-order chi connectivity index (χ1) is 12.7. The van der Waals surface area contributed by atoms with Crippen molar-refractivity contribution in [3.8, 4) is 17.0 Å². The van der Waals surface area contributed by atoms with Gasteiger partial charge in [0, 0.05) is 29.7 Å². The summed E-state index contributed by atoms with van der Waals surface area (Å²) in [5.41, 5.74) is 2.52. The molecule has 1 aliphatic rings. The predicted molar refractivity (Wildman–Crippen MR) is 98.9 cm³/mol. The van der Waals surface area contributed by atoms with E-state index in [1.54, 1.807) is 11.8 Å². The fourth-order valence-electron chi connectivity index (χ4n) is 2.68. The van der Waals surface area contributed by atoms with E-state index in [2.05, 4.69) is 14.9 Å². The fraction of sp³-hybridized carbons (Fsp3) is 0.158. The Morgan fingerprint density at radius 1 is 1.27 bits per heavy atom. The van der Waals surface area contributed by atoms with E-state index in [9.17, 15) is 9.18 Å². The molecule has 4 rings (SSSR count). The van der Waals surface area contributed by atoms with Crippen molar-refractivity contribution in [1.29, 1.82) is 0 Å². The molecule has 0 bridgehead atoms. The van der Waals surface area contributed by atoms with Crippen molar-refractivity contribution in [3.63, 3.8) is 0 Å². The van der Waals surface area contributed by atoms with Crippen LogP contribution >= 0.6 is 11.8 Å². The van der Waals surface area contributed by atoms with Crippen LogP contribution in [0.5, 0.6) is 5.75 Å². The number of hydrogen-bond donors (Lipinski definition) is 1. The molecule has 26 heavy (non-hydrogen) atoms. The Bertz CT molecular complexity index is 919. The maximum absolute atomic E-state index is 12.9. The number of imidazole rings is 1. The molecule has 0 unspecified atom stereocenters. The fourth-order valence-corrected chi connectivity index (χ4v) is 3.63. The Labute approximate surface area is 154 Å². The van der Waals surface area contributed by atoms with Crippen LogP contribution in [0.15, 0.2) is 59.9 Å². The number of nitrogens with zero attached hydrogens (tertiary/aromatic N) is 2. The summed E-state index contributed by atoms with van der Waals surface area (Å²) in [7, 11) is 0. The van der Waals surface area contributed by atoms with Gasteiger partial charge in [-0.05, 0) is 36.4 Å². The Morgan fingerprint density at radius 2 is 2.12 bits per heavy atom. The maximum Gasteiger partial charge on any atom is 0.262 e. The van der Waals surface area contributed by atoms with Gasteiger partial charge in [0.2, 0.25) is 0 Å². The first-order valence-corrected chi connectivity index (χ1v) is 9.14. The average molecular weight is 369 g/mol. The lowest BCUT2D eigenvalue weighted by molar-refractivity contribution is -0.118. The number of ether oxygens (including phenoxy) is 1. The van der Waals surface area contributed by atoms with Gasteiger partial charge in [0.05, 0.1) is 5.69 Å². The quantitative estimate of drug-likeness (QED) is 0.743. The topological polar surface area (TPSA) is 56.1 Å². The molecule has 0 aliphatic carbocycles. The summed E-state index contributed by atoms with van der Waals surface area (Å²) in [6.45, 7) is 0.829. The molecular formula is C19H16FN3O2S. The van der Waals surface area contributed by atoms with Crippen molar-refractivity contribution in [3.05, 3.63) is 60.5 Å². The zero-order valence-electron chi connectivity index (χ0n) is 13.8. The van der Waals surface area contributed by atoms with E-state index >= 15 is 0 Å². The summed E-state index contributed by atoms with van der Waals surface area (Å²) in [5.74, 6) is 0.879. The van der Waals surface area contributed by atoms with Gasteiger partial charge in [0.1, 0.15) is 11.6 Å². The van der Waals surface area contributed by atoms with Gasteiger partial charge in [-0.15, -0.1) is 0 Å². The Kier molecular flexibility index (Phi) is 4.62. The molecule has 5 nitrogen and oxygen atoms in total. The number of nitrogens with one attached hydrogen (secondary N) is 1. The van der Waals surface area contributed by atoms with Crippen LogP contribution in [0.4, 0.5) is 10.1 Å². The molecule has 1 aromatic heterocycles. The minimum atomic E-state index is -0.345. The normalized spacial score (nSPS) is 12.7. The summed E-state index contributed by atoms with van der Waals surface area (Å²) < 4.78 is 20.4. The predicted octanol–water partition coefficient (Wildman–Crippen LogP) is 3.81. The van der Waals surface area contributed by atoms with E-state index in [4.69, 9.17) is 4.74 Å². The third-order valence-corrected chi connectivity index (χ3v) is 4.90. The van der Waals surface area contributed by atoms with E-state index in [1.165, 1.54) is 24.3 Å². The summed E-state index contributed by atoms with van der Waals surface area (Å²) >= 11 is 1.75. The number of benzene rings is 2. The van der Waals surface area contributed by atoms with Gasteiger partial charge in [-0.3, -0.25) is 4.79 Å². The maximum atomic E-state index is 12.9. The monoisotopic (exact) mass is 369 g/mol. The average Bonchev–Trinajstić information content (AvgIpc) is 3.23. The third-order valence-electron chi connectivity index (χ3n) is 3.93. The van der Waals surface area contributed by atoms with Crippen LogP contribution in [-0.2, 0) is 11.3 Å². The second-order valence-corrected chi connectivity index (χ2v) is 6.88. The van der Waals surface area contributed by atoms with Crippen LogP contribution in [0.25, 0.3) is 11.3 Å². The molecule has 3 aromatic rings. The Hall–Kier alpha value is -2.80. The van der Waals surface area contributed by atoms with Crippen LogP contribution in [0.1, 0.15) is 0 Å². The van der Waals surface area contributed by atoms with Crippen molar-refractivity contribution in [2.45, 2.75) is 11.7 Å². The zero-order chi connectivity index (χ0) is 17.9. The van der Waals surface area contributed by atoms with Crippen LogP contribution in [0, 0.1) is 5.82 Å². The zero-order valence-corrected chi connectivity index (χ0v) is 14.6. The van der Waals surface area contributed by atoms with Crippen LogP contribution in [-0.4, -0.2) is 27.8 Å². The van der Waals surface area contributed by atoms with Crippen LogP contribution < -0.4 is 10.1 Å². The smallest absolute Gasteiger partial charge is 0.262 e. The van der Waals surface area contributed by atoms with E-state index < -0.39 is 0 Å². The first kappa shape index (κ1) is 16.7. The molecular weight excluding hydrogens is 353 g/mol. The molecule has 2 heterocycles. The molecule has 132 valence electrons. The Morgan fingerprint density at radius 3 is 2.92 bits per heavy atom. The minimum Gasteiger partial charge on any atom is -0.484 e. The van der Waals surface area contributed by atoms with Crippen LogP contribution in [0.2, 0.25) is 0 Å². The van der Waals surface area contributed by atoms with Crippen molar-refractivity contribution in [1.82, 2.24) is 9.55 Å². The highest BCUT2D eigenvalue weighted by atomic mass is 32.2. The summed E-state index contributed by atoms with van der Waals surface area (Å²) in [5, 5.41) is 3.84. The van der Waals surface area contributed by atoms with Gasteiger partial charge in [-0.2, -0.15) is 0 Å². The second-order valence-electron chi connectivity index (χ2n) is 5.82. The molecule has 0 radical (unpaired) electrons. The van der Waals surface area contributed by atoms with Gasteiger partial charge < -0.3 is 14.6 Å². The summed E-state index contributed by atoms with van der Waals surface area (Å²) in [4.78, 5) is 16.7. The molecule has 0 fully saturated rings. The van der Waals surface area contributed by atoms with Crippen molar-refractivity contribution in [2.75, 3.05) is 17.7 Å². The lowest BCUT2D eigenvalue weighted by atomic mass is 10.1. The highest BCUT2D eigenvalue weighted by molar-refractivity contribution is 7.99. The molecule has 1 N–H and O–H groups in total. The SMILES string of the molecule is O=C(COc1ccc(F)cc1)Nc1cccc(-c2cn3c(n2)SCC3)c1. The first-order valence-electron chi connectivity index (χ1n) is 8.16. The number of amides is 1. The number of hydrogen-bond acceptors (Lipinski definition) is 4. The van der Waals surface area contributed by atoms with E-state index in [1.807, 2.05) is 30.5 Å². The van der Waals surface area contributed by atoms with Crippen LogP contribution in [0.3, 0.4) is 0 Å². The largest absolute Gasteiger partial charge is 0.484 e. The highest BCUT2D eigenvalue weighted by Gasteiger charge is 2.15. The van der Waals surface area contributed by atoms with E-state index in [0.29, 0.717) is 11.4 Å².